The number of carbonyl (C=O) groups excluding carboxylic acids is 2. The predicted octanol–water partition coefficient (Wildman–Crippen LogP) is 4.19. The van der Waals surface area contributed by atoms with Crippen molar-refractivity contribution in [2.24, 2.45) is 0 Å². The van der Waals surface area contributed by atoms with Crippen LogP contribution >= 0.6 is 11.6 Å². The predicted molar refractivity (Wildman–Crippen MR) is 95.3 cm³/mol. The highest BCUT2D eigenvalue weighted by Crippen LogP contribution is 2.17. The second-order valence-electron chi connectivity index (χ2n) is 5.75. The zero-order valence-corrected chi connectivity index (χ0v) is 14.5. The van der Waals surface area contributed by atoms with Gasteiger partial charge in [0.25, 0.3) is 5.91 Å². The van der Waals surface area contributed by atoms with Gasteiger partial charge in [0.1, 0.15) is 0 Å². The van der Waals surface area contributed by atoms with Crippen LogP contribution in [-0.4, -0.2) is 18.5 Å². The fraction of sp³-hybridized carbons (Fsp3) is 0.263. The average Bonchev–Trinajstić information content (AvgIpc) is 2.55. The number of ether oxygens (including phenoxy) is 1. The van der Waals surface area contributed by atoms with Crippen LogP contribution in [0.15, 0.2) is 48.5 Å². The molecule has 0 atom stereocenters. The smallest absolute Gasteiger partial charge is 0.310 e. The standard InChI is InChI=1S/C19H20ClNO3/c1-13(2)14-7-9-16(10-8-14)21-18(22)12-24-19(23)11-15-5-3-4-6-17(15)20/h3-10,13H,11-12H2,1-2H3,(H,21,22). The first-order valence-electron chi connectivity index (χ1n) is 7.74. The summed E-state index contributed by atoms with van der Waals surface area (Å²) in [5.41, 5.74) is 2.54. The molecule has 0 aliphatic heterocycles. The van der Waals surface area contributed by atoms with Crippen LogP contribution in [0.4, 0.5) is 5.69 Å². The largest absolute Gasteiger partial charge is 0.455 e. The Morgan fingerprint density at radius 3 is 2.38 bits per heavy atom. The van der Waals surface area contributed by atoms with E-state index in [0.717, 1.165) is 0 Å². The summed E-state index contributed by atoms with van der Waals surface area (Å²) < 4.78 is 4.99. The molecular weight excluding hydrogens is 326 g/mol. The maximum absolute atomic E-state index is 11.8. The summed E-state index contributed by atoms with van der Waals surface area (Å²) in [6, 6.07) is 14.6. The minimum atomic E-state index is -0.492. The number of carbonyl (C=O) groups is 2. The van der Waals surface area contributed by atoms with Crippen molar-refractivity contribution in [1.29, 1.82) is 0 Å². The summed E-state index contributed by atoms with van der Waals surface area (Å²) in [6.45, 7) is 3.88. The number of esters is 1. The first kappa shape index (κ1) is 18.0. The van der Waals surface area contributed by atoms with Gasteiger partial charge in [0.15, 0.2) is 6.61 Å². The van der Waals surface area contributed by atoms with Gasteiger partial charge in [-0.15, -0.1) is 0 Å². The lowest BCUT2D eigenvalue weighted by molar-refractivity contribution is -0.146. The van der Waals surface area contributed by atoms with Crippen LogP contribution in [0.2, 0.25) is 5.02 Å². The number of nitrogens with one attached hydrogen (secondary N) is 1. The summed E-state index contributed by atoms with van der Waals surface area (Å²) in [6.07, 6.45) is 0.0377. The maximum Gasteiger partial charge on any atom is 0.310 e. The van der Waals surface area contributed by atoms with Gasteiger partial charge in [-0.1, -0.05) is 55.8 Å². The van der Waals surface area contributed by atoms with Gasteiger partial charge in [0.05, 0.1) is 6.42 Å². The van der Waals surface area contributed by atoms with E-state index in [4.69, 9.17) is 16.3 Å². The van der Waals surface area contributed by atoms with E-state index in [1.807, 2.05) is 24.3 Å². The molecule has 1 amide bonds. The quantitative estimate of drug-likeness (QED) is 0.799. The van der Waals surface area contributed by atoms with Crippen LogP contribution in [0.25, 0.3) is 0 Å². The van der Waals surface area contributed by atoms with Gasteiger partial charge in [-0.05, 0) is 35.2 Å². The van der Waals surface area contributed by atoms with Gasteiger partial charge in [0.2, 0.25) is 0 Å². The maximum atomic E-state index is 11.8. The number of anilines is 1. The molecule has 0 saturated carbocycles. The van der Waals surface area contributed by atoms with Crippen LogP contribution in [0.5, 0.6) is 0 Å². The first-order valence-corrected chi connectivity index (χ1v) is 8.12. The Morgan fingerprint density at radius 2 is 1.75 bits per heavy atom. The third-order valence-electron chi connectivity index (χ3n) is 3.52. The Bertz CT molecular complexity index is 711. The Hall–Kier alpha value is -2.33. The molecule has 126 valence electrons. The van der Waals surface area contributed by atoms with Gasteiger partial charge in [-0.25, -0.2) is 0 Å². The van der Waals surface area contributed by atoms with Crippen LogP contribution in [-0.2, 0) is 20.7 Å². The zero-order chi connectivity index (χ0) is 17.5. The molecule has 0 fully saturated rings. The summed E-state index contributed by atoms with van der Waals surface area (Å²) in [5.74, 6) is -0.436. The molecule has 2 rings (SSSR count). The van der Waals surface area contributed by atoms with Crippen LogP contribution in [0, 0.1) is 0 Å². The molecule has 5 heteroatoms. The Balaban J connectivity index is 1.80. The van der Waals surface area contributed by atoms with Crippen LogP contribution < -0.4 is 5.32 Å². The Kier molecular flexibility index (Phi) is 6.38. The summed E-state index contributed by atoms with van der Waals surface area (Å²) in [5, 5.41) is 3.20. The summed E-state index contributed by atoms with van der Waals surface area (Å²) >= 11 is 5.99. The fourth-order valence-corrected chi connectivity index (χ4v) is 2.35. The molecule has 2 aromatic rings. The molecule has 0 bridgehead atoms. The average molecular weight is 346 g/mol. The number of benzene rings is 2. The van der Waals surface area contributed by atoms with Crippen LogP contribution in [0.1, 0.15) is 30.9 Å². The first-order chi connectivity index (χ1) is 11.5. The number of rotatable bonds is 6. The molecule has 0 aliphatic rings. The second kappa shape index (κ2) is 8.50. The van der Waals surface area contributed by atoms with Gasteiger partial charge in [-0.3, -0.25) is 9.59 Å². The van der Waals surface area contributed by atoms with E-state index in [9.17, 15) is 9.59 Å². The molecule has 24 heavy (non-hydrogen) atoms. The number of amides is 1. The lowest BCUT2D eigenvalue weighted by Gasteiger charge is -2.09. The van der Waals surface area contributed by atoms with Crippen molar-refractivity contribution in [2.75, 3.05) is 11.9 Å². The van der Waals surface area contributed by atoms with Gasteiger partial charge < -0.3 is 10.1 Å². The van der Waals surface area contributed by atoms with Gasteiger partial charge >= 0.3 is 5.97 Å². The molecule has 0 aliphatic carbocycles. The normalized spacial score (nSPS) is 10.5. The molecule has 2 aromatic carbocycles. The van der Waals surface area contributed by atoms with Crippen molar-refractivity contribution in [3.8, 4) is 0 Å². The minimum absolute atomic E-state index is 0.0377. The summed E-state index contributed by atoms with van der Waals surface area (Å²) in [4.78, 5) is 23.6. The number of hydrogen-bond acceptors (Lipinski definition) is 3. The topological polar surface area (TPSA) is 55.4 Å². The molecule has 0 heterocycles. The monoisotopic (exact) mass is 345 g/mol. The SMILES string of the molecule is CC(C)c1ccc(NC(=O)COC(=O)Cc2ccccc2Cl)cc1. The Morgan fingerprint density at radius 1 is 1.08 bits per heavy atom. The zero-order valence-electron chi connectivity index (χ0n) is 13.7. The second-order valence-corrected chi connectivity index (χ2v) is 6.16. The molecular formula is C19H20ClNO3. The van der Waals surface area contributed by atoms with Crippen molar-refractivity contribution < 1.29 is 14.3 Å². The molecule has 0 unspecified atom stereocenters. The van der Waals surface area contributed by atoms with Crippen molar-refractivity contribution in [2.45, 2.75) is 26.2 Å². The van der Waals surface area contributed by atoms with Crippen molar-refractivity contribution in [3.63, 3.8) is 0 Å². The molecule has 0 aromatic heterocycles. The number of hydrogen-bond donors (Lipinski definition) is 1. The fourth-order valence-electron chi connectivity index (χ4n) is 2.14. The van der Waals surface area contributed by atoms with E-state index in [1.165, 1.54) is 5.56 Å². The van der Waals surface area contributed by atoms with E-state index in [0.29, 0.717) is 22.2 Å². The Labute approximate surface area is 146 Å². The molecule has 0 spiro atoms. The van der Waals surface area contributed by atoms with E-state index in [1.54, 1.807) is 24.3 Å². The third kappa shape index (κ3) is 5.39. The molecule has 0 saturated heterocycles. The van der Waals surface area contributed by atoms with E-state index in [2.05, 4.69) is 19.2 Å². The summed E-state index contributed by atoms with van der Waals surface area (Å²) in [7, 11) is 0. The van der Waals surface area contributed by atoms with E-state index in [-0.39, 0.29) is 18.9 Å². The highest BCUT2D eigenvalue weighted by Gasteiger charge is 2.11. The van der Waals surface area contributed by atoms with Crippen molar-refractivity contribution in [3.05, 3.63) is 64.7 Å². The third-order valence-corrected chi connectivity index (χ3v) is 3.89. The highest BCUT2D eigenvalue weighted by atomic mass is 35.5. The van der Waals surface area contributed by atoms with Gasteiger partial charge in [-0.2, -0.15) is 0 Å². The minimum Gasteiger partial charge on any atom is -0.455 e. The van der Waals surface area contributed by atoms with Crippen LogP contribution in [0.3, 0.4) is 0 Å². The van der Waals surface area contributed by atoms with E-state index >= 15 is 0 Å². The van der Waals surface area contributed by atoms with Crippen molar-refractivity contribution in [1.82, 2.24) is 0 Å². The lowest BCUT2D eigenvalue weighted by Crippen LogP contribution is -2.21. The number of halogens is 1. The van der Waals surface area contributed by atoms with Gasteiger partial charge in [0, 0.05) is 10.7 Å². The molecule has 0 radical (unpaired) electrons. The highest BCUT2D eigenvalue weighted by molar-refractivity contribution is 6.31. The molecule has 1 N–H and O–H groups in total. The van der Waals surface area contributed by atoms with Crippen molar-refractivity contribution >= 4 is 29.2 Å². The molecule has 4 nitrogen and oxygen atoms in total. The lowest BCUT2D eigenvalue weighted by atomic mass is 10.0. The van der Waals surface area contributed by atoms with E-state index < -0.39 is 5.97 Å².